The molecule has 3 nitrogen and oxygen atoms in total. The molecule has 0 aliphatic rings. The van der Waals surface area contributed by atoms with Crippen molar-refractivity contribution in [2.45, 2.75) is 13.0 Å². The van der Waals surface area contributed by atoms with Crippen molar-refractivity contribution in [1.82, 2.24) is 10.3 Å². The summed E-state index contributed by atoms with van der Waals surface area (Å²) >= 11 is 3.44. The van der Waals surface area contributed by atoms with Crippen LogP contribution >= 0.6 is 15.9 Å². The molecule has 2 aromatic rings. The molecule has 1 unspecified atom stereocenters. The first-order chi connectivity index (χ1) is 9.66. The summed E-state index contributed by atoms with van der Waals surface area (Å²) in [5.41, 5.74) is 1.81. The van der Waals surface area contributed by atoms with Crippen LogP contribution in [0.25, 0.3) is 6.08 Å². The van der Waals surface area contributed by atoms with Crippen molar-refractivity contribution in [1.29, 1.82) is 0 Å². The molecular weight excluding hydrogens is 316 g/mol. The number of carbonyl (C=O) groups is 1. The molecule has 1 atom stereocenters. The highest BCUT2D eigenvalue weighted by Crippen LogP contribution is 2.17. The lowest BCUT2D eigenvalue weighted by molar-refractivity contribution is -0.117. The number of hydrogen-bond acceptors (Lipinski definition) is 2. The van der Waals surface area contributed by atoms with Crippen LogP contribution in [0.5, 0.6) is 0 Å². The standard InChI is InChI=1S/C16H15BrN2O/c1-12(15-8-4-5-11-18-15)19-16(20)10-9-13-6-2-3-7-14(13)17/h2-12H,1H3,(H,19,20)/b10-9+. The van der Waals surface area contributed by atoms with Gasteiger partial charge in [-0.05, 0) is 36.8 Å². The number of carbonyl (C=O) groups excluding carboxylic acids is 1. The van der Waals surface area contributed by atoms with E-state index in [4.69, 9.17) is 0 Å². The second kappa shape index (κ2) is 7.01. The zero-order valence-corrected chi connectivity index (χ0v) is 12.7. The molecule has 0 bridgehead atoms. The van der Waals surface area contributed by atoms with Crippen LogP contribution in [-0.4, -0.2) is 10.9 Å². The summed E-state index contributed by atoms with van der Waals surface area (Å²) in [5.74, 6) is -0.140. The number of nitrogens with one attached hydrogen (secondary N) is 1. The zero-order valence-electron chi connectivity index (χ0n) is 11.1. The molecule has 1 heterocycles. The van der Waals surface area contributed by atoms with Crippen molar-refractivity contribution >= 4 is 27.9 Å². The maximum Gasteiger partial charge on any atom is 0.244 e. The number of nitrogens with zero attached hydrogens (tertiary/aromatic N) is 1. The molecule has 0 aliphatic heterocycles. The van der Waals surface area contributed by atoms with Crippen molar-refractivity contribution in [3.63, 3.8) is 0 Å². The molecule has 0 saturated heterocycles. The molecule has 1 amide bonds. The van der Waals surface area contributed by atoms with Gasteiger partial charge in [0.25, 0.3) is 0 Å². The van der Waals surface area contributed by atoms with Gasteiger partial charge >= 0.3 is 0 Å². The largest absolute Gasteiger partial charge is 0.344 e. The minimum Gasteiger partial charge on any atom is -0.344 e. The van der Waals surface area contributed by atoms with Gasteiger partial charge < -0.3 is 5.32 Å². The number of aromatic nitrogens is 1. The minimum absolute atomic E-state index is 0.118. The van der Waals surface area contributed by atoms with E-state index in [1.165, 1.54) is 6.08 Å². The number of rotatable bonds is 4. The summed E-state index contributed by atoms with van der Waals surface area (Å²) in [6, 6.07) is 13.3. The predicted octanol–water partition coefficient (Wildman–Crippen LogP) is 3.73. The fraction of sp³-hybridized carbons (Fsp3) is 0.125. The van der Waals surface area contributed by atoms with E-state index < -0.39 is 0 Å². The summed E-state index contributed by atoms with van der Waals surface area (Å²) in [6.07, 6.45) is 5.03. The van der Waals surface area contributed by atoms with Gasteiger partial charge in [-0.1, -0.05) is 40.2 Å². The van der Waals surface area contributed by atoms with Crippen LogP contribution in [0.15, 0.2) is 59.2 Å². The first kappa shape index (κ1) is 14.5. The van der Waals surface area contributed by atoms with Gasteiger partial charge in [-0.2, -0.15) is 0 Å². The monoisotopic (exact) mass is 330 g/mol. The van der Waals surface area contributed by atoms with Crippen LogP contribution in [0.2, 0.25) is 0 Å². The zero-order chi connectivity index (χ0) is 14.4. The Morgan fingerprint density at radius 2 is 2.00 bits per heavy atom. The third-order valence-electron chi connectivity index (χ3n) is 2.81. The molecule has 0 radical (unpaired) electrons. The Hall–Kier alpha value is -1.94. The van der Waals surface area contributed by atoms with E-state index in [1.54, 1.807) is 12.3 Å². The number of hydrogen-bond donors (Lipinski definition) is 1. The van der Waals surface area contributed by atoms with Gasteiger partial charge in [0, 0.05) is 16.7 Å². The smallest absolute Gasteiger partial charge is 0.244 e. The van der Waals surface area contributed by atoms with E-state index >= 15 is 0 Å². The molecule has 1 aromatic heterocycles. The SMILES string of the molecule is CC(NC(=O)/C=C/c1ccccc1Br)c1ccccn1. The Morgan fingerprint density at radius 1 is 1.25 bits per heavy atom. The highest BCUT2D eigenvalue weighted by atomic mass is 79.9. The van der Waals surface area contributed by atoms with Gasteiger partial charge in [0.05, 0.1) is 11.7 Å². The van der Waals surface area contributed by atoms with E-state index in [0.717, 1.165) is 15.7 Å². The summed E-state index contributed by atoms with van der Waals surface area (Å²) < 4.78 is 0.960. The average molecular weight is 331 g/mol. The molecule has 2 rings (SSSR count). The van der Waals surface area contributed by atoms with Gasteiger partial charge in [-0.3, -0.25) is 9.78 Å². The Kier molecular flexibility index (Phi) is 5.07. The average Bonchev–Trinajstić information content (AvgIpc) is 2.47. The van der Waals surface area contributed by atoms with E-state index in [-0.39, 0.29) is 11.9 Å². The van der Waals surface area contributed by atoms with Crippen molar-refractivity contribution in [2.75, 3.05) is 0 Å². The fourth-order valence-corrected chi connectivity index (χ4v) is 2.16. The maximum absolute atomic E-state index is 11.9. The number of halogens is 1. The number of pyridine rings is 1. The van der Waals surface area contributed by atoms with Crippen LogP contribution in [0.1, 0.15) is 24.2 Å². The minimum atomic E-state index is -0.140. The van der Waals surface area contributed by atoms with Gasteiger partial charge in [0.15, 0.2) is 0 Å². The van der Waals surface area contributed by atoms with Gasteiger partial charge in [0.2, 0.25) is 5.91 Å². The third-order valence-corrected chi connectivity index (χ3v) is 3.53. The molecule has 4 heteroatoms. The van der Waals surface area contributed by atoms with Crippen LogP contribution in [0.3, 0.4) is 0 Å². The Bertz CT molecular complexity index is 611. The third kappa shape index (κ3) is 4.03. The fourth-order valence-electron chi connectivity index (χ4n) is 1.74. The Morgan fingerprint density at radius 3 is 2.70 bits per heavy atom. The highest BCUT2D eigenvalue weighted by molar-refractivity contribution is 9.10. The van der Waals surface area contributed by atoms with Crippen molar-refractivity contribution in [3.05, 3.63) is 70.5 Å². The van der Waals surface area contributed by atoms with Crippen molar-refractivity contribution in [2.24, 2.45) is 0 Å². The lowest BCUT2D eigenvalue weighted by Gasteiger charge is -2.11. The lowest BCUT2D eigenvalue weighted by atomic mass is 10.2. The van der Waals surface area contributed by atoms with Gasteiger partial charge in [-0.15, -0.1) is 0 Å². The van der Waals surface area contributed by atoms with Crippen molar-refractivity contribution in [3.8, 4) is 0 Å². The molecule has 0 fully saturated rings. The Labute approximate surface area is 126 Å². The van der Waals surface area contributed by atoms with E-state index in [0.29, 0.717) is 0 Å². The second-order valence-electron chi connectivity index (χ2n) is 4.34. The molecular formula is C16H15BrN2O. The topological polar surface area (TPSA) is 42.0 Å². The van der Waals surface area contributed by atoms with Gasteiger partial charge in [0.1, 0.15) is 0 Å². The maximum atomic E-state index is 11.9. The molecule has 1 N–H and O–H groups in total. The summed E-state index contributed by atoms with van der Waals surface area (Å²) in [6.45, 7) is 1.91. The second-order valence-corrected chi connectivity index (χ2v) is 5.19. The normalized spacial score (nSPS) is 12.3. The predicted molar refractivity (Wildman–Crippen MR) is 84.0 cm³/mol. The molecule has 102 valence electrons. The van der Waals surface area contributed by atoms with Gasteiger partial charge in [-0.25, -0.2) is 0 Å². The number of benzene rings is 1. The Balaban J connectivity index is 1.98. The van der Waals surface area contributed by atoms with Crippen LogP contribution in [0, 0.1) is 0 Å². The summed E-state index contributed by atoms with van der Waals surface area (Å²) in [4.78, 5) is 16.1. The molecule has 0 aliphatic carbocycles. The summed E-state index contributed by atoms with van der Waals surface area (Å²) in [5, 5.41) is 2.88. The highest BCUT2D eigenvalue weighted by Gasteiger charge is 2.07. The first-order valence-electron chi connectivity index (χ1n) is 6.31. The quantitative estimate of drug-likeness (QED) is 0.868. The van der Waals surface area contributed by atoms with Crippen LogP contribution in [0.4, 0.5) is 0 Å². The van der Waals surface area contributed by atoms with Crippen LogP contribution < -0.4 is 5.32 Å². The lowest BCUT2D eigenvalue weighted by Crippen LogP contribution is -2.25. The number of amides is 1. The molecule has 20 heavy (non-hydrogen) atoms. The molecule has 0 spiro atoms. The molecule has 0 saturated carbocycles. The summed E-state index contributed by atoms with van der Waals surface area (Å²) in [7, 11) is 0. The van der Waals surface area contributed by atoms with Crippen LogP contribution in [-0.2, 0) is 4.79 Å². The van der Waals surface area contributed by atoms with Crippen molar-refractivity contribution < 1.29 is 4.79 Å². The molecule has 1 aromatic carbocycles. The van der Waals surface area contributed by atoms with E-state index in [1.807, 2.05) is 49.4 Å². The first-order valence-corrected chi connectivity index (χ1v) is 7.10. The van der Waals surface area contributed by atoms with E-state index in [9.17, 15) is 4.79 Å². The van der Waals surface area contributed by atoms with E-state index in [2.05, 4.69) is 26.2 Å².